The van der Waals surface area contributed by atoms with Gasteiger partial charge in [0.15, 0.2) is 0 Å². The van der Waals surface area contributed by atoms with Gasteiger partial charge in [-0.25, -0.2) is 0 Å². The minimum atomic E-state index is -4.78. The summed E-state index contributed by atoms with van der Waals surface area (Å²) in [6, 6.07) is 12.7. The van der Waals surface area contributed by atoms with Gasteiger partial charge in [-0.2, -0.15) is 0 Å². The predicted octanol–water partition coefficient (Wildman–Crippen LogP) is 3.97. The summed E-state index contributed by atoms with van der Waals surface area (Å²) in [5.74, 6) is -0.692. The summed E-state index contributed by atoms with van der Waals surface area (Å²) in [5.41, 5.74) is 1.65. The van der Waals surface area contributed by atoms with Gasteiger partial charge in [-0.1, -0.05) is 18.2 Å². The van der Waals surface area contributed by atoms with Crippen LogP contribution in [-0.2, 0) is 6.54 Å². The van der Waals surface area contributed by atoms with Crippen molar-refractivity contribution < 1.29 is 22.7 Å². The van der Waals surface area contributed by atoms with E-state index < -0.39 is 6.36 Å². The standard InChI is InChI=1S/C18H19F3N2O2/c1-3-23(2)15-10-8-13(9-11-15)17(24)22-12-14-6-4-5-7-16(14)25-18(19,20)21/h4-11H,3,12H2,1-2H3,(H,22,24). The third kappa shape index (κ3) is 5.41. The Morgan fingerprint density at radius 3 is 2.36 bits per heavy atom. The smallest absolute Gasteiger partial charge is 0.405 e. The Labute approximate surface area is 144 Å². The van der Waals surface area contributed by atoms with Gasteiger partial charge in [-0.05, 0) is 37.3 Å². The van der Waals surface area contributed by atoms with E-state index in [0.29, 0.717) is 5.56 Å². The van der Waals surface area contributed by atoms with Gasteiger partial charge >= 0.3 is 6.36 Å². The molecule has 0 fully saturated rings. The Kier molecular flexibility index (Phi) is 5.90. The van der Waals surface area contributed by atoms with E-state index in [9.17, 15) is 18.0 Å². The lowest BCUT2D eigenvalue weighted by Gasteiger charge is -2.17. The summed E-state index contributed by atoms with van der Waals surface area (Å²) in [6.45, 7) is 2.78. The zero-order valence-corrected chi connectivity index (χ0v) is 13.9. The molecule has 0 aliphatic carbocycles. The summed E-state index contributed by atoms with van der Waals surface area (Å²) in [5, 5.41) is 2.60. The fourth-order valence-electron chi connectivity index (χ4n) is 2.20. The maximum absolute atomic E-state index is 12.4. The Bertz CT molecular complexity index is 715. The number of benzene rings is 2. The molecule has 0 heterocycles. The monoisotopic (exact) mass is 352 g/mol. The first kappa shape index (κ1) is 18.6. The van der Waals surface area contributed by atoms with Crippen LogP contribution in [0.4, 0.5) is 18.9 Å². The highest BCUT2D eigenvalue weighted by Crippen LogP contribution is 2.26. The van der Waals surface area contributed by atoms with E-state index in [1.54, 1.807) is 18.2 Å². The number of carbonyl (C=O) groups excluding carboxylic acids is 1. The lowest BCUT2D eigenvalue weighted by molar-refractivity contribution is -0.274. The van der Waals surface area contributed by atoms with Crippen molar-refractivity contribution in [1.82, 2.24) is 5.32 Å². The average Bonchev–Trinajstić information content (AvgIpc) is 2.59. The Morgan fingerprint density at radius 1 is 1.12 bits per heavy atom. The molecule has 0 unspecified atom stereocenters. The first-order valence-electron chi connectivity index (χ1n) is 7.73. The number of carbonyl (C=O) groups is 1. The molecule has 0 bridgehead atoms. The third-order valence-electron chi connectivity index (χ3n) is 3.68. The molecule has 4 nitrogen and oxygen atoms in total. The zero-order valence-electron chi connectivity index (χ0n) is 13.9. The molecular weight excluding hydrogens is 333 g/mol. The molecular formula is C18H19F3N2O2. The van der Waals surface area contributed by atoms with Crippen molar-refractivity contribution in [3.8, 4) is 5.75 Å². The van der Waals surface area contributed by atoms with Crippen LogP contribution in [0.15, 0.2) is 48.5 Å². The number of rotatable bonds is 6. The molecule has 2 rings (SSSR count). The highest BCUT2D eigenvalue weighted by atomic mass is 19.4. The second-order valence-electron chi connectivity index (χ2n) is 5.40. The van der Waals surface area contributed by atoms with Crippen molar-refractivity contribution in [2.24, 2.45) is 0 Å². The molecule has 2 aromatic rings. The molecule has 0 saturated heterocycles. The van der Waals surface area contributed by atoms with E-state index in [-0.39, 0.29) is 23.8 Å². The van der Waals surface area contributed by atoms with Crippen LogP contribution in [0.3, 0.4) is 0 Å². The summed E-state index contributed by atoms with van der Waals surface area (Å²) < 4.78 is 41.2. The van der Waals surface area contributed by atoms with E-state index in [2.05, 4.69) is 10.1 Å². The van der Waals surface area contributed by atoms with Crippen LogP contribution < -0.4 is 15.0 Å². The van der Waals surface area contributed by atoms with E-state index in [0.717, 1.165) is 12.2 Å². The highest BCUT2D eigenvalue weighted by molar-refractivity contribution is 5.94. The number of nitrogens with zero attached hydrogens (tertiary/aromatic N) is 1. The number of anilines is 1. The van der Waals surface area contributed by atoms with Crippen molar-refractivity contribution in [2.75, 3.05) is 18.5 Å². The van der Waals surface area contributed by atoms with Gasteiger partial charge in [0.2, 0.25) is 0 Å². The fourth-order valence-corrected chi connectivity index (χ4v) is 2.20. The maximum atomic E-state index is 12.4. The Balaban J connectivity index is 2.03. The number of hydrogen-bond acceptors (Lipinski definition) is 3. The van der Waals surface area contributed by atoms with Gasteiger partial charge in [-0.15, -0.1) is 13.2 Å². The molecule has 25 heavy (non-hydrogen) atoms. The van der Waals surface area contributed by atoms with Crippen LogP contribution in [0.2, 0.25) is 0 Å². The van der Waals surface area contributed by atoms with Gasteiger partial charge in [0.05, 0.1) is 0 Å². The van der Waals surface area contributed by atoms with Crippen molar-refractivity contribution in [1.29, 1.82) is 0 Å². The second-order valence-corrected chi connectivity index (χ2v) is 5.40. The van der Waals surface area contributed by atoms with Crippen molar-refractivity contribution in [2.45, 2.75) is 19.8 Å². The molecule has 0 radical (unpaired) electrons. The predicted molar refractivity (Wildman–Crippen MR) is 89.7 cm³/mol. The van der Waals surface area contributed by atoms with Crippen LogP contribution in [0, 0.1) is 0 Å². The van der Waals surface area contributed by atoms with E-state index >= 15 is 0 Å². The van der Waals surface area contributed by atoms with E-state index in [1.165, 1.54) is 18.2 Å². The molecule has 0 aliphatic heterocycles. The quantitative estimate of drug-likeness (QED) is 0.855. The fraction of sp³-hybridized carbons (Fsp3) is 0.278. The summed E-state index contributed by atoms with van der Waals surface area (Å²) in [4.78, 5) is 14.2. The minimum Gasteiger partial charge on any atom is -0.405 e. The second kappa shape index (κ2) is 7.92. The first-order valence-corrected chi connectivity index (χ1v) is 7.73. The molecule has 7 heteroatoms. The average molecular weight is 352 g/mol. The van der Waals surface area contributed by atoms with Gasteiger partial charge in [-0.3, -0.25) is 4.79 Å². The van der Waals surface area contributed by atoms with Gasteiger partial charge < -0.3 is 15.0 Å². The lowest BCUT2D eigenvalue weighted by Crippen LogP contribution is -2.24. The Hall–Kier alpha value is -2.70. The topological polar surface area (TPSA) is 41.6 Å². The zero-order chi connectivity index (χ0) is 18.4. The summed E-state index contributed by atoms with van der Waals surface area (Å²) in [6.07, 6.45) is -4.78. The number of hydrogen-bond donors (Lipinski definition) is 1. The molecule has 1 N–H and O–H groups in total. The Morgan fingerprint density at radius 2 is 1.76 bits per heavy atom. The van der Waals surface area contributed by atoms with Crippen LogP contribution in [0.1, 0.15) is 22.8 Å². The molecule has 0 saturated carbocycles. The largest absolute Gasteiger partial charge is 0.573 e. The van der Waals surface area contributed by atoms with Gasteiger partial charge in [0, 0.05) is 37.0 Å². The number of nitrogens with one attached hydrogen (secondary N) is 1. The lowest BCUT2D eigenvalue weighted by atomic mass is 10.1. The normalized spacial score (nSPS) is 11.1. The SMILES string of the molecule is CCN(C)c1ccc(C(=O)NCc2ccccc2OC(F)(F)F)cc1. The molecule has 0 atom stereocenters. The molecule has 0 spiro atoms. The van der Waals surface area contributed by atoms with Gasteiger partial charge in [0.25, 0.3) is 5.91 Å². The first-order chi connectivity index (χ1) is 11.8. The number of alkyl halides is 3. The van der Waals surface area contributed by atoms with Crippen molar-refractivity contribution in [3.05, 3.63) is 59.7 Å². The third-order valence-corrected chi connectivity index (χ3v) is 3.68. The summed E-state index contributed by atoms with van der Waals surface area (Å²) in [7, 11) is 1.94. The maximum Gasteiger partial charge on any atom is 0.573 e. The number of amides is 1. The van der Waals surface area contributed by atoms with Crippen LogP contribution in [0.5, 0.6) is 5.75 Å². The number of ether oxygens (including phenoxy) is 1. The van der Waals surface area contributed by atoms with Crippen LogP contribution >= 0.6 is 0 Å². The molecule has 0 aliphatic rings. The molecule has 2 aromatic carbocycles. The van der Waals surface area contributed by atoms with Crippen LogP contribution in [0.25, 0.3) is 0 Å². The van der Waals surface area contributed by atoms with Crippen LogP contribution in [-0.4, -0.2) is 25.9 Å². The number of halogens is 3. The van der Waals surface area contributed by atoms with E-state index in [1.807, 2.05) is 31.0 Å². The summed E-state index contributed by atoms with van der Waals surface area (Å²) >= 11 is 0. The molecule has 1 amide bonds. The van der Waals surface area contributed by atoms with Crippen molar-refractivity contribution >= 4 is 11.6 Å². The van der Waals surface area contributed by atoms with Gasteiger partial charge in [0.1, 0.15) is 5.75 Å². The van der Waals surface area contributed by atoms with E-state index in [4.69, 9.17) is 0 Å². The molecule has 0 aromatic heterocycles. The van der Waals surface area contributed by atoms with Crippen molar-refractivity contribution in [3.63, 3.8) is 0 Å². The highest BCUT2D eigenvalue weighted by Gasteiger charge is 2.31. The number of para-hydroxylation sites is 1. The molecule has 134 valence electrons. The minimum absolute atomic E-state index is 0.0678.